The maximum Gasteiger partial charge on any atom is 0.337 e. The van der Waals surface area contributed by atoms with Crippen molar-refractivity contribution >= 4 is 17.0 Å². The number of pyridine rings is 1. The zero-order chi connectivity index (χ0) is 30.6. The summed E-state index contributed by atoms with van der Waals surface area (Å²) in [5.74, 6) is -0.705. The molecule has 2 saturated heterocycles. The van der Waals surface area contributed by atoms with Gasteiger partial charge in [-0.15, -0.1) is 0 Å². The Morgan fingerprint density at radius 2 is 1.91 bits per heavy atom. The van der Waals surface area contributed by atoms with Crippen molar-refractivity contribution < 1.29 is 32.5 Å². The Morgan fingerprint density at radius 3 is 2.61 bits per heavy atom. The van der Waals surface area contributed by atoms with E-state index in [1.165, 1.54) is 25.3 Å². The van der Waals surface area contributed by atoms with E-state index in [1.807, 2.05) is 18.2 Å². The molecular weight excluding hydrogens is 572 g/mol. The lowest BCUT2D eigenvalue weighted by atomic mass is 10.1. The number of esters is 1. The number of rotatable bonds is 10. The zero-order valence-corrected chi connectivity index (χ0v) is 24.2. The van der Waals surface area contributed by atoms with Gasteiger partial charge in [-0.25, -0.2) is 18.6 Å². The van der Waals surface area contributed by atoms with Gasteiger partial charge in [-0.1, -0.05) is 0 Å². The van der Waals surface area contributed by atoms with Crippen molar-refractivity contribution in [2.24, 2.45) is 0 Å². The minimum Gasteiger partial charge on any atom is -0.487 e. The van der Waals surface area contributed by atoms with Crippen LogP contribution in [0.15, 0.2) is 48.7 Å². The second-order valence-electron chi connectivity index (χ2n) is 10.9. The third-order valence-corrected chi connectivity index (χ3v) is 7.93. The van der Waals surface area contributed by atoms with E-state index in [9.17, 15) is 13.6 Å². The predicted molar refractivity (Wildman–Crippen MR) is 154 cm³/mol. The summed E-state index contributed by atoms with van der Waals surface area (Å²) in [5.41, 5.74) is 2.71. The van der Waals surface area contributed by atoms with Gasteiger partial charge in [-0.05, 0) is 55.7 Å². The Hall–Kier alpha value is -4.60. The van der Waals surface area contributed by atoms with E-state index in [2.05, 4.69) is 14.5 Å². The van der Waals surface area contributed by atoms with Crippen molar-refractivity contribution in [2.45, 2.75) is 51.2 Å². The molecule has 0 bridgehead atoms. The molecule has 6 rings (SSSR count). The molecule has 44 heavy (non-hydrogen) atoms. The minimum absolute atomic E-state index is 0.0254. The van der Waals surface area contributed by atoms with Crippen LogP contribution in [-0.4, -0.2) is 64.4 Å². The largest absolute Gasteiger partial charge is 0.487 e. The van der Waals surface area contributed by atoms with Crippen LogP contribution in [0.3, 0.4) is 0 Å². The van der Waals surface area contributed by atoms with Crippen LogP contribution in [0.5, 0.6) is 11.5 Å². The summed E-state index contributed by atoms with van der Waals surface area (Å²) in [6, 6.07) is 12.6. The number of fused-ring (bicyclic) bond motifs is 1. The number of methoxy groups -OCH3 is 1. The van der Waals surface area contributed by atoms with E-state index in [1.54, 1.807) is 6.07 Å². The predicted octanol–water partition coefficient (Wildman–Crippen LogP) is 4.78. The summed E-state index contributed by atoms with van der Waals surface area (Å²) in [6.45, 7) is 3.37. The highest BCUT2D eigenvalue weighted by atomic mass is 19.1. The first-order chi connectivity index (χ1) is 21.4. The van der Waals surface area contributed by atoms with Gasteiger partial charge in [0.15, 0.2) is 23.1 Å². The Morgan fingerprint density at radius 1 is 1.09 bits per heavy atom. The molecule has 4 aromatic rings. The molecule has 2 fully saturated rings. The molecule has 2 aromatic carbocycles. The highest BCUT2D eigenvalue weighted by Crippen LogP contribution is 2.27. The molecule has 0 amide bonds. The first-order valence-corrected chi connectivity index (χ1v) is 14.4. The molecule has 0 saturated carbocycles. The van der Waals surface area contributed by atoms with Gasteiger partial charge in [-0.3, -0.25) is 9.88 Å². The number of aromatic nitrogens is 3. The number of hydrogen-bond acceptors (Lipinski definition) is 9. The summed E-state index contributed by atoms with van der Waals surface area (Å²) in [4.78, 5) is 23.4. The number of halogens is 2. The lowest BCUT2D eigenvalue weighted by molar-refractivity contribution is -0.0592. The summed E-state index contributed by atoms with van der Waals surface area (Å²) in [7, 11) is 1.36. The van der Waals surface area contributed by atoms with E-state index in [-0.39, 0.29) is 35.9 Å². The molecule has 4 heterocycles. The van der Waals surface area contributed by atoms with Crippen molar-refractivity contribution in [3.05, 3.63) is 82.9 Å². The molecule has 0 spiro atoms. The fraction of sp³-hybridized carbons (Fsp3) is 0.375. The molecule has 0 N–H and O–H groups in total. The fourth-order valence-electron chi connectivity index (χ4n) is 5.41. The molecule has 0 aliphatic carbocycles. The summed E-state index contributed by atoms with van der Waals surface area (Å²) in [6.07, 6.45) is 3.33. The lowest BCUT2D eigenvalue weighted by Gasteiger charge is -2.32. The Balaban J connectivity index is 1.08. The van der Waals surface area contributed by atoms with Crippen molar-refractivity contribution in [3.63, 3.8) is 0 Å². The van der Waals surface area contributed by atoms with Crippen LogP contribution in [0.2, 0.25) is 0 Å². The monoisotopic (exact) mass is 603 g/mol. The van der Waals surface area contributed by atoms with E-state index in [0.29, 0.717) is 37.2 Å². The SMILES string of the molecule is COC(=O)c1ccc2nc(CN3CCC(Oc4cc(COc5ccc(C#N)cc5F)ncc4F)CC3)n(CC3CCO3)c2c1. The van der Waals surface area contributed by atoms with Crippen molar-refractivity contribution in [3.8, 4) is 17.6 Å². The van der Waals surface area contributed by atoms with Crippen LogP contribution >= 0.6 is 0 Å². The molecule has 1 atom stereocenters. The number of likely N-dealkylation sites (tertiary alicyclic amines) is 1. The van der Waals surface area contributed by atoms with E-state index in [0.717, 1.165) is 55.2 Å². The smallest absolute Gasteiger partial charge is 0.337 e. The van der Waals surface area contributed by atoms with E-state index in [4.69, 9.17) is 29.2 Å². The van der Waals surface area contributed by atoms with Crippen LogP contribution in [0.4, 0.5) is 8.78 Å². The molecule has 10 nitrogen and oxygen atoms in total. The van der Waals surface area contributed by atoms with Crippen LogP contribution in [0.25, 0.3) is 11.0 Å². The zero-order valence-electron chi connectivity index (χ0n) is 24.2. The number of benzene rings is 2. The number of carbonyl (C=O) groups excluding carboxylic acids is 1. The molecule has 1 unspecified atom stereocenters. The topological polar surface area (TPSA) is 112 Å². The number of imidazole rings is 1. The van der Waals surface area contributed by atoms with Gasteiger partial charge < -0.3 is 23.5 Å². The van der Waals surface area contributed by atoms with E-state index >= 15 is 0 Å². The normalized spacial score (nSPS) is 17.2. The number of carbonyl (C=O) groups is 1. The van der Waals surface area contributed by atoms with Crippen molar-refractivity contribution in [2.75, 3.05) is 26.8 Å². The highest BCUT2D eigenvalue weighted by molar-refractivity contribution is 5.93. The number of nitriles is 1. The maximum absolute atomic E-state index is 14.6. The van der Waals surface area contributed by atoms with Gasteiger partial charge >= 0.3 is 5.97 Å². The van der Waals surface area contributed by atoms with Crippen molar-refractivity contribution in [1.29, 1.82) is 5.26 Å². The molecule has 0 radical (unpaired) electrons. The average molecular weight is 604 g/mol. The highest BCUT2D eigenvalue weighted by Gasteiger charge is 2.26. The Labute approximate surface area is 252 Å². The van der Waals surface area contributed by atoms with Gasteiger partial charge in [0.2, 0.25) is 0 Å². The first kappa shape index (κ1) is 29.5. The number of hydrogen-bond donors (Lipinski definition) is 0. The second-order valence-corrected chi connectivity index (χ2v) is 10.9. The molecule has 2 aliphatic heterocycles. The molecule has 2 aromatic heterocycles. The van der Waals surface area contributed by atoms with Gasteiger partial charge in [0.25, 0.3) is 0 Å². The fourth-order valence-corrected chi connectivity index (χ4v) is 5.41. The molecular formula is C32H31F2N5O5. The summed E-state index contributed by atoms with van der Waals surface area (Å²) >= 11 is 0. The van der Waals surface area contributed by atoms with Crippen LogP contribution in [-0.2, 0) is 29.2 Å². The molecule has 2 aliphatic rings. The standard InChI is InChI=1S/C32H31F2N5O5/c1-41-32(40)21-3-4-27-28(13-21)39(17-24-8-11-42-24)31(37-27)18-38-9-6-23(7-10-38)44-30-14-22(36-16-26(30)34)19-43-29-5-2-20(15-35)12-25(29)33/h2-5,12-14,16,23-24H,6-11,17-19H2,1H3. The lowest BCUT2D eigenvalue weighted by Crippen LogP contribution is -2.39. The summed E-state index contributed by atoms with van der Waals surface area (Å²) < 4.78 is 53.0. The first-order valence-electron chi connectivity index (χ1n) is 14.4. The van der Waals surface area contributed by atoms with Gasteiger partial charge in [-0.2, -0.15) is 5.26 Å². The minimum atomic E-state index is -0.660. The van der Waals surface area contributed by atoms with Gasteiger partial charge in [0.05, 0.1) is 66.4 Å². The summed E-state index contributed by atoms with van der Waals surface area (Å²) in [5, 5.41) is 8.90. The average Bonchev–Trinajstić information content (AvgIpc) is 3.35. The quantitative estimate of drug-likeness (QED) is 0.237. The van der Waals surface area contributed by atoms with Crippen molar-refractivity contribution in [1.82, 2.24) is 19.4 Å². The van der Waals surface area contributed by atoms with Gasteiger partial charge in [0, 0.05) is 25.8 Å². The Kier molecular flexibility index (Phi) is 8.67. The second kappa shape index (κ2) is 13.0. The third-order valence-electron chi connectivity index (χ3n) is 7.93. The number of nitrogens with zero attached hydrogens (tertiary/aromatic N) is 5. The maximum atomic E-state index is 14.6. The van der Waals surface area contributed by atoms with Crippen LogP contribution in [0.1, 0.15) is 46.7 Å². The van der Waals surface area contributed by atoms with Gasteiger partial charge in [0.1, 0.15) is 18.5 Å². The van der Waals surface area contributed by atoms with Crippen LogP contribution < -0.4 is 9.47 Å². The van der Waals surface area contributed by atoms with Crippen LogP contribution in [0, 0.1) is 23.0 Å². The van der Waals surface area contributed by atoms with E-state index < -0.39 is 17.6 Å². The third kappa shape index (κ3) is 6.49. The number of ether oxygens (including phenoxy) is 4. The molecule has 12 heteroatoms. The molecule has 228 valence electrons. The number of piperidine rings is 1. The Bertz CT molecular complexity index is 1710.